The van der Waals surface area contributed by atoms with E-state index in [1.807, 2.05) is 6.07 Å². The van der Waals surface area contributed by atoms with Crippen LogP contribution >= 0.6 is 0 Å². The first-order valence-electron chi connectivity index (χ1n) is 9.70. The van der Waals surface area contributed by atoms with Crippen molar-refractivity contribution in [2.45, 2.75) is 62.9 Å². The molecule has 1 heterocycles. The molecule has 4 nitrogen and oxygen atoms in total. The minimum absolute atomic E-state index is 0.0274. The number of nitriles is 1. The number of nitrogens with zero attached hydrogens (tertiary/aromatic N) is 3. The molecule has 2 aliphatic rings. The number of carbonyl (C=O) groups is 1. The zero-order chi connectivity index (χ0) is 18.6. The number of amides is 1. The third-order valence-corrected chi connectivity index (χ3v) is 6.10. The van der Waals surface area contributed by atoms with Crippen LogP contribution in [0.15, 0.2) is 24.3 Å². The fourth-order valence-electron chi connectivity index (χ4n) is 4.45. The smallest absolute Gasteiger partial charge is 0.237 e. The monoisotopic (exact) mass is 357 g/mol. The molecule has 0 bridgehead atoms. The molecule has 3 rings (SSSR count). The van der Waals surface area contributed by atoms with Crippen molar-refractivity contribution in [1.82, 2.24) is 9.80 Å². The Labute approximate surface area is 155 Å². The molecular weight excluding hydrogens is 329 g/mol. The number of hydrogen-bond acceptors (Lipinski definition) is 3. The summed E-state index contributed by atoms with van der Waals surface area (Å²) >= 11 is 0. The number of rotatable bonds is 5. The van der Waals surface area contributed by atoms with Gasteiger partial charge in [-0.3, -0.25) is 9.69 Å². The van der Waals surface area contributed by atoms with Gasteiger partial charge in [0.25, 0.3) is 0 Å². The van der Waals surface area contributed by atoms with E-state index in [1.165, 1.54) is 6.07 Å². The van der Waals surface area contributed by atoms with Crippen LogP contribution in [0.25, 0.3) is 0 Å². The number of hydrogen-bond donors (Lipinski definition) is 0. The van der Waals surface area contributed by atoms with E-state index in [9.17, 15) is 14.4 Å². The van der Waals surface area contributed by atoms with E-state index in [2.05, 4.69) is 11.0 Å². The number of halogens is 1. The third-order valence-electron chi connectivity index (χ3n) is 6.10. The van der Waals surface area contributed by atoms with E-state index in [0.717, 1.165) is 63.5 Å². The summed E-state index contributed by atoms with van der Waals surface area (Å²) in [6, 6.07) is 9.41. The first kappa shape index (κ1) is 18.8. The second kappa shape index (κ2) is 8.18. The maximum Gasteiger partial charge on any atom is 0.237 e. The predicted octanol–water partition coefficient (Wildman–Crippen LogP) is 3.52. The lowest BCUT2D eigenvalue weighted by Gasteiger charge is -2.40. The molecule has 1 amide bonds. The lowest BCUT2D eigenvalue weighted by Crippen LogP contribution is -2.53. The lowest BCUT2D eigenvalue weighted by molar-refractivity contribution is -0.136. The van der Waals surface area contributed by atoms with Crippen LogP contribution in [0.3, 0.4) is 0 Å². The van der Waals surface area contributed by atoms with E-state index in [4.69, 9.17) is 0 Å². The Bertz CT molecular complexity index is 678. The highest BCUT2D eigenvalue weighted by atomic mass is 19.1. The van der Waals surface area contributed by atoms with Crippen LogP contribution in [-0.2, 0) is 11.2 Å². The zero-order valence-electron chi connectivity index (χ0n) is 15.6. The van der Waals surface area contributed by atoms with Crippen LogP contribution in [0.4, 0.5) is 4.39 Å². The molecule has 1 aromatic rings. The van der Waals surface area contributed by atoms with Crippen LogP contribution in [0.2, 0.25) is 0 Å². The summed E-state index contributed by atoms with van der Waals surface area (Å²) in [5.74, 6) is -0.185. The Balaban J connectivity index is 1.63. The van der Waals surface area contributed by atoms with Crippen molar-refractivity contribution in [2.24, 2.45) is 0 Å². The molecule has 0 spiro atoms. The zero-order valence-corrected chi connectivity index (χ0v) is 15.6. The van der Waals surface area contributed by atoms with E-state index >= 15 is 0 Å². The SMILES string of the molecule is CN(C(=O)CN1CCCC1Cc1cccc(F)c1)C1(C#N)CCCCC1. The van der Waals surface area contributed by atoms with Crippen molar-refractivity contribution in [2.75, 3.05) is 20.1 Å². The van der Waals surface area contributed by atoms with Crippen LogP contribution in [0, 0.1) is 17.1 Å². The normalized spacial score (nSPS) is 22.7. The Morgan fingerprint density at radius 3 is 2.81 bits per heavy atom. The van der Waals surface area contributed by atoms with Gasteiger partial charge in [-0.25, -0.2) is 4.39 Å². The summed E-state index contributed by atoms with van der Waals surface area (Å²) in [5, 5.41) is 9.70. The Morgan fingerprint density at radius 1 is 1.35 bits per heavy atom. The van der Waals surface area contributed by atoms with Gasteiger partial charge in [-0.05, 0) is 56.3 Å². The number of benzene rings is 1. The molecule has 1 atom stereocenters. The molecular formula is C21H28FN3O. The number of likely N-dealkylation sites (tertiary alicyclic amines) is 1. The molecule has 1 saturated carbocycles. The van der Waals surface area contributed by atoms with Crippen LogP contribution < -0.4 is 0 Å². The summed E-state index contributed by atoms with van der Waals surface area (Å²) < 4.78 is 13.4. The molecule has 1 aromatic carbocycles. The molecule has 140 valence electrons. The minimum Gasteiger partial charge on any atom is -0.326 e. The lowest BCUT2D eigenvalue weighted by atomic mass is 9.81. The Hall–Kier alpha value is -1.93. The first-order valence-corrected chi connectivity index (χ1v) is 9.70. The van der Waals surface area contributed by atoms with Gasteiger partial charge >= 0.3 is 0 Å². The highest BCUT2D eigenvalue weighted by molar-refractivity contribution is 5.79. The molecule has 1 saturated heterocycles. The minimum atomic E-state index is -0.632. The molecule has 26 heavy (non-hydrogen) atoms. The standard InChI is InChI=1S/C21H28FN3O/c1-24(21(16-23)10-3-2-4-11-21)20(26)15-25-12-6-9-19(25)14-17-7-5-8-18(22)13-17/h5,7-8,13,19H,2-4,6,9-12,14-15H2,1H3. The summed E-state index contributed by atoms with van der Waals surface area (Å²) in [4.78, 5) is 16.8. The van der Waals surface area contributed by atoms with Crippen molar-refractivity contribution in [3.63, 3.8) is 0 Å². The summed E-state index contributed by atoms with van der Waals surface area (Å²) in [5.41, 5.74) is 0.344. The molecule has 0 N–H and O–H groups in total. The van der Waals surface area contributed by atoms with E-state index in [-0.39, 0.29) is 17.8 Å². The van der Waals surface area contributed by atoms with Gasteiger partial charge in [-0.15, -0.1) is 0 Å². The average molecular weight is 357 g/mol. The number of carbonyl (C=O) groups excluding carboxylic acids is 1. The first-order chi connectivity index (χ1) is 12.5. The highest BCUT2D eigenvalue weighted by Crippen LogP contribution is 2.33. The number of likely N-dealkylation sites (N-methyl/N-ethyl adjacent to an activating group) is 1. The van der Waals surface area contributed by atoms with Gasteiger partial charge in [0.1, 0.15) is 11.4 Å². The van der Waals surface area contributed by atoms with Gasteiger partial charge < -0.3 is 4.90 Å². The predicted molar refractivity (Wildman–Crippen MR) is 98.9 cm³/mol. The van der Waals surface area contributed by atoms with Crippen LogP contribution in [0.1, 0.15) is 50.5 Å². The second-order valence-corrected chi connectivity index (χ2v) is 7.76. The molecule has 1 aliphatic carbocycles. The van der Waals surface area contributed by atoms with Gasteiger partial charge in [0.2, 0.25) is 5.91 Å². The van der Waals surface area contributed by atoms with E-state index in [0.29, 0.717) is 6.54 Å². The van der Waals surface area contributed by atoms with Crippen molar-refractivity contribution in [1.29, 1.82) is 5.26 Å². The quantitative estimate of drug-likeness (QED) is 0.810. The average Bonchev–Trinajstić information content (AvgIpc) is 3.08. The van der Waals surface area contributed by atoms with Crippen LogP contribution in [-0.4, -0.2) is 47.4 Å². The summed E-state index contributed by atoms with van der Waals surface area (Å²) in [6.45, 7) is 1.24. The molecule has 0 radical (unpaired) electrons. The van der Waals surface area contributed by atoms with Gasteiger partial charge in [-0.1, -0.05) is 31.4 Å². The van der Waals surface area contributed by atoms with Crippen molar-refractivity contribution < 1.29 is 9.18 Å². The molecule has 2 fully saturated rings. The van der Waals surface area contributed by atoms with Crippen molar-refractivity contribution >= 4 is 5.91 Å². The largest absolute Gasteiger partial charge is 0.326 e. The maximum atomic E-state index is 13.4. The Kier molecular flexibility index (Phi) is 5.93. The summed E-state index contributed by atoms with van der Waals surface area (Å²) in [7, 11) is 1.79. The topological polar surface area (TPSA) is 47.3 Å². The highest BCUT2D eigenvalue weighted by Gasteiger charge is 2.39. The molecule has 5 heteroatoms. The third kappa shape index (κ3) is 4.07. The van der Waals surface area contributed by atoms with Gasteiger partial charge in [0.05, 0.1) is 12.6 Å². The maximum absolute atomic E-state index is 13.4. The van der Waals surface area contributed by atoms with Crippen LogP contribution in [0.5, 0.6) is 0 Å². The fraction of sp³-hybridized carbons (Fsp3) is 0.619. The fourth-order valence-corrected chi connectivity index (χ4v) is 4.45. The molecule has 1 unspecified atom stereocenters. The Morgan fingerprint density at radius 2 is 2.12 bits per heavy atom. The van der Waals surface area contributed by atoms with Crippen molar-refractivity contribution in [3.05, 3.63) is 35.6 Å². The second-order valence-electron chi connectivity index (χ2n) is 7.76. The van der Waals surface area contributed by atoms with E-state index in [1.54, 1.807) is 24.1 Å². The van der Waals surface area contributed by atoms with E-state index < -0.39 is 5.54 Å². The molecule has 1 aliphatic heterocycles. The summed E-state index contributed by atoms with van der Waals surface area (Å²) in [6.07, 6.45) is 7.56. The van der Waals surface area contributed by atoms with Gasteiger partial charge in [-0.2, -0.15) is 5.26 Å². The molecule has 0 aromatic heterocycles. The van der Waals surface area contributed by atoms with Gasteiger partial charge in [0, 0.05) is 13.1 Å². The van der Waals surface area contributed by atoms with Crippen molar-refractivity contribution in [3.8, 4) is 6.07 Å². The van der Waals surface area contributed by atoms with Gasteiger partial charge in [0.15, 0.2) is 0 Å².